The molecule has 2 aromatic heterocycles. The standard InChI is InChI=1S/C21H18N4O3S2/c1-13(18(26)23-20-22-17(12-29-20)14-6-4-3-5-7-14)30-21-25-24-19(28-21)15-8-10-16(27-2)11-9-15/h3-13H,1-2H3,(H,22,23,26). The number of carbonyl (C=O) groups is 1. The van der Waals surface area contributed by atoms with Gasteiger partial charge in [-0.15, -0.1) is 21.5 Å². The number of anilines is 1. The molecule has 4 aromatic rings. The lowest BCUT2D eigenvalue weighted by Gasteiger charge is -2.07. The highest BCUT2D eigenvalue weighted by Crippen LogP contribution is 2.29. The van der Waals surface area contributed by atoms with Gasteiger partial charge in [0.25, 0.3) is 5.22 Å². The van der Waals surface area contributed by atoms with E-state index in [2.05, 4.69) is 20.5 Å². The maximum atomic E-state index is 12.5. The largest absolute Gasteiger partial charge is 0.497 e. The molecule has 1 unspecified atom stereocenters. The fraction of sp³-hybridized carbons (Fsp3) is 0.143. The average Bonchev–Trinajstić information content (AvgIpc) is 3.44. The van der Waals surface area contributed by atoms with Gasteiger partial charge in [0, 0.05) is 16.5 Å². The lowest BCUT2D eigenvalue weighted by molar-refractivity contribution is -0.115. The Morgan fingerprint density at radius 3 is 2.60 bits per heavy atom. The molecule has 2 heterocycles. The first-order valence-electron chi connectivity index (χ1n) is 9.09. The number of nitrogens with one attached hydrogen (secondary N) is 1. The van der Waals surface area contributed by atoms with E-state index in [9.17, 15) is 4.79 Å². The summed E-state index contributed by atoms with van der Waals surface area (Å²) in [5.74, 6) is 0.953. The molecule has 9 heteroatoms. The topological polar surface area (TPSA) is 90.1 Å². The van der Waals surface area contributed by atoms with Gasteiger partial charge >= 0.3 is 0 Å². The monoisotopic (exact) mass is 438 g/mol. The summed E-state index contributed by atoms with van der Waals surface area (Å²) in [5, 5.41) is 13.3. The van der Waals surface area contributed by atoms with Crippen LogP contribution in [0.2, 0.25) is 0 Å². The molecule has 0 fully saturated rings. The lowest BCUT2D eigenvalue weighted by atomic mass is 10.2. The number of ether oxygens (including phenoxy) is 1. The molecule has 0 aliphatic rings. The maximum Gasteiger partial charge on any atom is 0.277 e. The molecular weight excluding hydrogens is 420 g/mol. The van der Waals surface area contributed by atoms with Gasteiger partial charge < -0.3 is 14.5 Å². The molecule has 30 heavy (non-hydrogen) atoms. The van der Waals surface area contributed by atoms with Crippen molar-refractivity contribution in [2.75, 3.05) is 12.4 Å². The van der Waals surface area contributed by atoms with Crippen molar-refractivity contribution < 1.29 is 13.9 Å². The molecule has 0 aliphatic heterocycles. The van der Waals surface area contributed by atoms with Crippen LogP contribution in [-0.4, -0.2) is 33.4 Å². The van der Waals surface area contributed by atoms with Crippen LogP contribution < -0.4 is 10.1 Å². The Balaban J connectivity index is 1.37. The molecule has 1 N–H and O–H groups in total. The molecule has 0 aliphatic carbocycles. The first-order valence-corrected chi connectivity index (χ1v) is 10.8. The molecule has 152 valence electrons. The van der Waals surface area contributed by atoms with Gasteiger partial charge in [0.05, 0.1) is 18.1 Å². The highest BCUT2D eigenvalue weighted by Gasteiger charge is 2.20. The maximum absolute atomic E-state index is 12.5. The van der Waals surface area contributed by atoms with E-state index in [1.807, 2.05) is 60.0 Å². The normalized spacial score (nSPS) is 11.8. The van der Waals surface area contributed by atoms with Gasteiger partial charge in [-0.1, -0.05) is 42.1 Å². The second kappa shape index (κ2) is 9.10. The first kappa shape index (κ1) is 20.1. The number of benzene rings is 2. The number of hydrogen-bond acceptors (Lipinski definition) is 8. The number of nitrogens with zero attached hydrogens (tertiary/aromatic N) is 3. The summed E-state index contributed by atoms with van der Waals surface area (Å²) in [6, 6.07) is 17.1. The van der Waals surface area contributed by atoms with Crippen molar-refractivity contribution in [3.63, 3.8) is 0 Å². The number of thiazole rings is 1. The molecule has 2 aromatic carbocycles. The van der Waals surface area contributed by atoms with Crippen LogP contribution >= 0.6 is 23.1 Å². The van der Waals surface area contributed by atoms with E-state index in [0.717, 1.165) is 22.6 Å². The van der Waals surface area contributed by atoms with Crippen molar-refractivity contribution in [3.8, 4) is 28.5 Å². The van der Waals surface area contributed by atoms with Crippen LogP contribution in [0.4, 0.5) is 5.13 Å². The number of amides is 1. The zero-order valence-electron chi connectivity index (χ0n) is 16.2. The average molecular weight is 439 g/mol. The van der Waals surface area contributed by atoms with Crippen molar-refractivity contribution >= 4 is 34.1 Å². The second-order valence-electron chi connectivity index (χ2n) is 6.25. The summed E-state index contributed by atoms with van der Waals surface area (Å²) in [5.41, 5.74) is 2.62. The Hall–Kier alpha value is -3.17. The van der Waals surface area contributed by atoms with E-state index >= 15 is 0 Å². The predicted octanol–water partition coefficient (Wildman–Crippen LogP) is 4.99. The van der Waals surface area contributed by atoms with Crippen LogP contribution in [0.25, 0.3) is 22.7 Å². The number of hydrogen-bond donors (Lipinski definition) is 1. The predicted molar refractivity (Wildman–Crippen MR) is 118 cm³/mol. The molecular formula is C21H18N4O3S2. The number of methoxy groups -OCH3 is 1. The Bertz CT molecular complexity index is 1130. The molecule has 0 spiro atoms. The zero-order chi connectivity index (χ0) is 20.9. The Kier molecular flexibility index (Phi) is 6.10. The van der Waals surface area contributed by atoms with Crippen molar-refractivity contribution in [1.82, 2.24) is 15.2 Å². The third-order valence-corrected chi connectivity index (χ3v) is 5.89. The SMILES string of the molecule is COc1ccc(-c2nnc(SC(C)C(=O)Nc3nc(-c4ccccc4)cs3)o2)cc1. The fourth-order valence-electron chi connectivity index (χ4n) is 2.59. The van der Waals surface area contributed by atoms with Crippen LogP contribution in [0.15, 0.2) is 69.6 Å². The van der Waals surface area contributed by atoms with E-state index in [-0.39, 0.29) is 5.91 Å². The van der Waals surface area contributed by atoms with E-state index in [1.165, 1.54) is 23.1 Å². The first-order chi connectivity index (χ1) is 14.6. The van der Waals surface area contributed by atoms with Crippen molar-refractivity contribution in [2.45, 2.75) is 17.4 Å². The van der Waals surface area contributed by atoms with Gasteiger partial charge in [-0.25, -0.2) is 4.98 Å². The third kappa shape index (κ3) is 4.69. The van der Waals surface area contributed by atoms with Crippen LogP contribution in [0, 0.1) is 0 Å². The van der Waals surface area contributed by atoms with Gasteiger partial charge in [0.15, 0.2) is 5.13 Å². The van der Waals surface area contributed by atoms with E-state index < -0.39 is 5.25 Å². The minimum atomic E-state index is -0.432. The Morgan fingerprint density at radius 2 is 1.87 bits per heavy atom. The fourth-order valence-corrected chi connectivity index (χ4v) is 4.00. The highest BCUT2D eigenvalue weighted by atomic mass is 32.2. The lowest BCUT2D eigenvalue weighted by Crippen LogP contribution is -2.22. The molecule has 4 rings (SSSR count). The van der Waals surface area contributed by atoms with Crippen LogP contribution in [0.3, 0.4) is 0 Å². The number of rotatable bonds is 7. The number of carbonyl (C=O) groups excluding carboxylic acids is 1. The number of thioether (sulfide) groups is 1. The molecule has 0 saturated heterocycles. The summed E-state index contributed by atoms with van der Waals surface area (Å²) in [6.07, 6.45) is 0. The van der Waals surface area contributed by atoms with Crippen LogP contribution in [0.5, 0.6) is 5.75 Å². The van der Waals surface area contributed by atoms with Gasteiger partial charge in [0.2, 0.25) is 11.8 Å². The van der Waals surface area contributed by atoms with Gasteiger partial charge in [-0.2, -0.15) is 0 Å². The summed E-state index contributed by atoms with van der Waals surface area (Å²) in [6.45, 7) is 1.78. The third-order valence-electron chi connectivity index (χ3n) is 4.19. The van der Waals surface area contributed by atoms with E-state index in [4.69, 9.17) is 9.15 Å². The molecule has 1 atom stereocenters. The zero-order valence-corrected chi connectivity index (χ0v) is 17.9. The van der Waals surface area contributed by atoms with Crippen molar-refractivity contribution in [1.29, 1.82) is 0 Å². The summed E-state index contributed by atoms with van der Waals surface area (Å²) < 4.78 is 10.8. The van der Waals surface area contributed by atoms with Gasteiger partial charge in [0.1, 0.15) is 5.75 Å². The smallest absolute Gasteiger partial charge is 0.277 e. The molecule has 0 bridgehead atoms. The van der Waals surface area contributed by atoms with Crippen molar-refractivity contribution in [2.24, 2.45) is 0 Å². The Morgan fingerprint density at radius 1 is 1.10 bits per heavy atom. The Labute approximate surface area is 181 Å². The van der Waals surface area contributed by atoms with Crippen molar-refractivity contribution in [3.05, 3.63) is 60.0 Å². The summed E-state index contributed by atoms with van der Waals surface area (Å²) >= 11 is 2.58. The van der Waals surface area contributed by atoms with E-state index in [0.29, 0.717) is 16.2 Å². The van der Waals surface area contributed by atoms with E-state index in [1.54, 1.807) is 14.0 Å². The quantitative estimate of drug-likeness (QED) is 0.407. The molecule has 0 saturated carbocycles. The minimum Gasteiger partial charge on any atom is -0.497 e. The van der Waals surface area contributed by atoms with Gasteiger partial charge in [-0.05, 0) is 31.2 Å². The number of aromatic nitrogens is 3. The summed E-state index contributed by atoms with van der Waals surface area (Å²) in [7, 11) is 1.61. The summed E-state index contributed by atoms with van der Waals surface area (Å²) in [4.78, 5) is 17.0. The molecule has 1 amide bonds. The second-order valence-corrected chi connectivity index (χ2v) is 8.41. The van der Waals surface area contributed by atoms with Gasteiger partial charge in [-0.3, -0.25) is 4.79 Å². The molecule has 0 radical (unpaired) electrons. The van der Waals surface area contributed by atoms with Crippen LogP contribution in [0.1, 0.15) is 6.92 Å². The minimum absolute atomic E-state index is 0.182. The highest BCUT2D eigenvalue weighted by molar-refractivity contribution is 8.00. The van der Waals surface area contributed by atoms with Crippen LogP contribution in [-0.2, 0) is 4.79 Å². The molecule has 7 nitrogen and oxygen atoms in total.